The first-order valence-electron chi connectivity index (χ1n) is 22.7. The topological polar surface area (TPSA) is 241 Å². The highest BCUT2D eigenvalue weighted by molar-refractivity contribution is 7.86. The third-order valence-corrected chi connectivity index (χ3v) is 15.9. The monoisotopic (exact) mass is 1060 g/mol. The standard InChI is InChI=1S/C27H30N2O6S2.C25H28N2O6S2/c1-26(2)20-12-8-10-14-22(20)28(18-36(30,31)32)24(26)16-6-5-7-17-25-27(3,4)21-13-9-11-15-23(21)29(25)19-37(33,34)35;1-24(2)18-10-5-7-12-20(18)26(16-34(28,29)30)22(24)14-9-15-23-25(3,4)19-11-6-8-13-21(19)27(23)17-35(31,32)33/h5-17H,18-19H2,1-4H3,(H-,30,31,32,33,34,35);5-15H,16-17H2,1-4H3,(H-,28,29,30,31,32,33)/p-2. The van der Waals surface area contributed by atoms with Gasteiger partial charge in [-0.2, -0.15) is 9.15 Å². The van der Waals surface area contributed by atoms with Crippen molar-refractivity contribution in [1.29, 1.82) is 0 Å². The lowest BCUT2D eigenvalue weighted by molar-refractivity contribution is -0.416. The number of rotatable bonds is 13. The van der Waals surface area contributed by atoms with Gasteiger partial charge < -0.3 is 28.0 Å². The molecule has 8 rings (SSSR count). The summed E-state index contributed by atoms with van der Waals surface area (Å²) in [4.78, 5) is 3.03. The molecule has 0 saturated carbocycles. The summed E-state index contributed by atoms with van der Waals surface area (Å²) < 4.78 is 143. The average molecular weight is 1060 g/mol. The van der Waals surface area contributed by atoms with Crippen molar-refractivity contribution in [3.8, 4) is 0 Å². The summed E-state index contributed by atoms with van der Waals surface area (Å²) in [6.45, 7) is 15.7. The van der Waals surface area contributed by atoms with Crippen LogP contribution < -0.4 is 9.80 Å². The second kappa shape index (κ2) is 19.2. The zero-order chi connectivity index (χ0) is 53.0. The van der Waals surface area contributed by atoms with Crippen LogP contribution in [-0.2, 0) is 62.1 Å². The molecule has 0 saturated heterocycles. The summed E-state index contributed by atoms with van der Waals surface area (Å²) >= 11 is 0. The Hall–Kier alpha value is -5.84. The normalized spacial score (nSPS) is 19.9. The van der Waals surface area contributed by atoms with Gasteiger partial charge in [0.25, 0.3) is 0 Å². The lowest BCUT2D eigenvalue weighted by Crippen LogP contribution is -2.31. The summed E-state index contributed by atoms with van der Waals surface area (Å²) in [6.07, 6.45) is 14.0. The summed E-state index contributed by atoms with van der Waals surface area (Å²) in [5.74, 6) is -2.76. The fraction of sp³-hybridized carbons (Fsp3) is 0.308. The van der Waals surface area contributed by atoms with E-state index in [1.54, 1.807) is 97.1 Å². The van der Waals surface area contributed by atoms with Crippen LogP contribution in [0.1, 0.15) is 77.6 Å². The molecule has 0 atom stereocenters. The molecule has 0 fully saturated rings. The van der Waals surface area contributed by atoms with E-state index in [1.165, 1.54) is 19.0 Å². The second-order valence-corrected chi connectivity index (χ2v) is 25.5. The molecule has 16 nitrogen and oxygen atoms in total. The van der Waals surface area contributed by atoms with Crippen LogP contribution in [0.2, 0.25) is 0 Å². The quantitative estimate of drug-likeness (QED) is 0.0733. The average Bonchev–Trinajstić information content (AvgIpc) is 3.78. The molecule has 4 aliphatic rings. The summed E-state index contributed by atoms with van der Waals surface area (Å²) in [7, 11) is -18.2. The summed E-state index contributed by atoms with van der Waals surface area (Å²) in [5, 5.41) is 0. The van der Waals surface area contributed by atoms with Gasteiger partial charge in [-0.25, -0.2) is 33.7 Å². The molecular formula is C52H56N4O12S4-2. The number of benzene rings is 4. The van der Waals surface area contributed by atoms with Crippen LogP contribution in [0, 0.1) is 0 Å². The Morgan fingerprint density at radius 1 is 0.417 bits per heavy atom. The van der Waals surface area contributed by atoms with E-state index in [2.05, 4.69) is 0 Å². The van der Waals surface area contributed by atoms with Gasteiger partial charge in [0, 0.05) is 69.0 Å². The molecular weight excluding hydrogens is 1000 g/mol. The maximum atomic E-state index is 11.7. The predicted octanol–water partition coefficient (Wildman–Crippen LogP) is 7.17. The minimum Gasteiger partial charge on any atom is -0.747 e. The van der Waals surface area contributed by atoms with Gasteiger partial charge in [0.05, 0.1) is 10.8 Å². The molecule has 0 unspecified atom stereocenters. The van der Waals surface area contributed by atoms with E-state index in [0.717, 1.165) is 22.3 Å². The molecule has 382 valence electrons. The van der Waals surface area contributed by atoms with Gasteiger partial charge in [-0.05, 0) is 63.1 Å². The van der Waals surface area contributed by atoms with E-state index in [-0.39, 0.29) is 0 Å². The van der Waals surface area contributed by atoms with Crippen molar-refractivity contribution >= 4 is 74.6 Å². The van der Waals surface area contributed by atoms with E-state index < -0.39 is 85.6 Å². The number of fused-ring (bicyclic) bond motifs is 4. The first-order valence-corrected chi connectivity index (χ1v) is 29.0. The fourth-order valence-corrected chi connectivity index (χ4v) is 12.7. The van der Waals surface area contributed by atoms with Crippen molar-refractivity contribution in [3.63, 3.8) is 0 Å². The van der Waals surface area contributed by atoms with Crippen molar-refractivity contribution in [3.05, 3.63) is 179 Å². The van der Waals surface area contributed by atoms with Crippen LogP contribution in [0.25, 0.3) is 0 Å². The Morgan fingerprint density at radius 3 is 1.12 bits per heavy atom. The Bertz CT molecular complexity index is 3550. The van der Waals surface area contributed by atoms with Gasteiger partial charge in [0.1, 0.15) is 32.0 Å². The first-order chi connectivity index (χ1) is 33.3. The van der Waals surface area contributed by atoms with Gasteiger partial charge in [-0.3, -0.25) is 0 Å². The molecule has 0 aliphatic carbocycles. The van der Waals surface area contributed by atoms with Crippen LogP contribution in [-0.4, -0.2) is 96.0 Å². The number of para-hydroxylation sites is 4. The third-order valence-electron chi connectivity index (χ3n) is 13.6. The van der Waals surface area contributed by atoms with Crippen molar-refractivity contribution in [1.82, 2.24) is 0 Å². The smallest absolute Gasteiger partial charge is 0.237 e. The highest BCUT2D eigenvalue weighted by Crippen LogP contribution is 2.49. The van der Waals surface area contributed by atoms with E-state index in [9.17, 15) is 51.9 Å². The summed E-state index contributed by atoms with van der Waals surface area (Å²) in [5.41, 5.74) is 6.63. The highest BCUT2D eigenvalue weighted by atomic mass is 32.2. The van der Waals surface area contributed by atoms with E-state index in [4.69, 9.17) is 0 Å². The molecule has 0 radical (unpaired) electrons. The molecule has 0 amide bonds. The van der Waals surface area contributed by atoms with Crippen LogP contribution in [0.3, 0.4) is 0 Å². The van der Waals surface area contributed by atoms with E-state index in [0.29, 0.717) is 45.6 Å². The first kappa shape index (κ1) is 53.9. The highest BCUT2D eigenvalue weighted by Gasteiger charge is 2.47. The molecule has 4 heterocycles. The molecule has 0 aromatic heterocycles. The molecule has 0 N–H and O–H groups in total. The van der Waals surface area contributed by atoms with Gasteiger partial charge in [-0.1, -0.05) is 125 Å². The van der Waals surface area contributed by atoms with Crippen LogP contribution in [0.5, 0.6) is 0 Å². The van der Waals surface area contributed by atoms with Gasteiger partial charge >= 0.3 is 0 Å². The third kappa shape index (κ3) is 11.1. The molecule has 72 heavy (non-hydrogen) atoms. The SMILES string of the molecule is CC1(C)C(=CC=CC2=[N+](CS(=O)(=O)[O-])c3ccccc3C2(C)C)N(CS(=O)(=O)[O-])c2ccccc21.CC1(C)C(=CC=CC=CC2=[N+](CS(=O)(=O)[O-])c3ccccc3C2(C)C)N(CS(=O)(=O)[O-])c2ccccc21. The maximum Gasteiger partial charge on any atom is 0.237 e. The van der Waals surface area contributed by atoms with Gasteiger partial charge in [-0.15, -0.1) is 0 Å². The van der Waals surface area contributed by atoms with Crippen molar-refractivity contribution in [2.24, 2.45) is 0 Å². The second-order valence-electron chi connectivity index (χ2n) is 20.0. The van der Waals surface area contributed by atoms with Crippen molar-refractivity contribution in [2.45, 2.75) is 77.0 Å². The molecule has 4 aliphatic heterocycles. The Kier molecular flexibility index (Phi) is 14.4. The number of allylic oxidation sites excluding steroid dienone is 10. The summed E-state index contributed by atoms with van der Waals surface area (Å²) in [6, 6.07) is 29.4. The number of anilines is 2. The Balaban J connectivity index is 0.000000212. The van der Waals surface area contributed by atoms with E-state index >= 15 is 0 Å². The lowest BCUT2D eigenvalue weighted by atomic mass is 9.81. The number of nitrogens with zero attached hydrogens (tertiary/aromatic N) is 4. The van der Waals surface area contributed by atoms with Crippen LogP contribution >= 0.6 is 0 Å². The molecule has 4 aromatic carbocycles. The van der Waals surface area contributed by atoms with Crippen molar-refractivity contribution < 1.29 is 61.0 Å². The Labute approximate surface area is 423 Å². The van der Waals surface area contributed by atoms with Crippen molar-refractivity contribution in [2.75, 3.05) is 33.3 Å². The predicted molar refractivity (Wildman–Crippen MR) is 275 cm³/mol. The Morgan fingerprint density at radius 2 is 0.750 bits per heavy atom. The molecule has 0 bridgehead atoms. The largest absolute Gasteiger partial charge is 0.747 e. The van der Waals surface area contributed by atoms with Gasteiger partial charge in [0.2, 0.25) is 23.1 Å². The zero-order valence-corrected chi connectivity index (χ0v) is 44.3. The van der Waals surface area contributed by atoms with Gasteiger partial charge in [0.15, 0.2) is 31.7 Å². The number of hydrogen-bond donors (Lipinski definition) is 0. The minimum atomic E-state index is -4.56. The fourth-order valence-electron chi connectivity index (χ4n) is 10.3. The molecule has 20 heteroatoms. The minimum absolute atomic E-state index is 0.529. The van der Waals surface area contributed by atoms with Crippen LogP contribution in [0.4, 0.5) is 22.7 Å². The maximum absolute atomic E-state index is 11.7. The molecule has 0 spiro atoms. The number of hydrogen-bond acceptors (Lipinski definition) is 14. The van der Waals surface area contributed by atoms with Crippen LogP contribution in [0.15, 0.2) is 157 Å². The molecule has 4 aromatic rings. The zero-order valence-electron chi connectivity index (χ0n) is 41.0. The van der Waals surface area contributed by atoms with E-state index in [1.807, 2.05) is 104 Å². The lowest BCUT2D eigenvalue weighted by Gasteiger charge is -2.27.